The van der Waals surface area contributed by atoms with E-state index in [0.29, 0.717) is 13.0 Å². The lowest BCUT2D eigenvalue weighted by molar-refractivity contribution is -0.148. The number of rotatable bonds is 6. The summed E-state index contributed by atoms with van der Waals surface area (Å²) in [5.74, 6) is 0.230. The van der Waals surface area contributed by atoms with Gasteiger partial charge in [0, 0.05) is 18.8 Å². The van der Waals surface area contributed by atoms with Crippen LogP contribution in [-0.4, -0.2) is 27.8 Å². The minimum absolute atomic E-state index is 0.230. The van der Waals surface area contributed by atoms with Crippen LogP contribution in [0, 0.1) is 6.92 Å². The van der Waals surface area contributed by atoms with Crippen molar-refractivity contribution in [2.24, 2.45) is 0 Å². The number of hydrogen-bond donors (Lipinski definition) is 0. The Balaban J connectivity index is 2.15. The second-order valence-electron chi connectivity index (χ2n) is 5.68. The number of aryl methyl sites for hydroxylation is 2. The lowest BCUT2D eigenvalue weighted by Gasteiger charge is -2.35. The van der Waals surface area contributed by atoms with E-state index in [1.165, 1.54) is 6.42 Å². The van der Waals surface area contributed by atoms with Crippen LogP contribution in [0.4, 0.5) is 0 Å². The zero-order valence-corrected chi connectivity index (χ0v) is 12.9. The molecule has 0 N–H and O–H groups in total. The van der Waals surface area contributed by atoms with Gasteiger partial charge in [-0.1, -0.05) is 19.3 Å². The summed E-state index contributed by atoms with van der Waals surface area (Å²) < 4.78 is 7.83. The van der Waals surface area contributed by atoms with Gasteiger partial charge in [-0.2, -0.15) is 5.10 Å². The van der Waals surface area contributed by atoms with Crippen LogP contribution in [0.25, 0.3) is 0 Å². The quantitative estimate of drug-likeness (QED) is 0.803. The van der Waals surface area contributed by atoms with E-state index in [4.69, 9.17) is 4.74 Å². The first kappa shape index (κ1) is 15.2. The molecule has 0 aromatic carbocycles. The Hall–Kier alpha value is -1.16. The first-order valence-corrected chi connectivity index (χ1v) is 7.82. The van der Waals surface area contributed by atoms with Crippen molar-refractivity contribution in [2.75, 3.05) is 6.61 Å². The Morgan fingerprint density at radius 1 is 1.35 bits per heavy atom. The van der Waals surface area contributed by atoms with Crippen LogP contribution < -0.4 is 0 Å². The van der Waals surface area contributed by atoms with Crippen molar-refractivity contribution >= 4 is 5.78 Å². The van der Waals surface area contributed by atoms with Gasteiger partial charge in [0.2, 0.25) is 0 Å². The molecule has 1 aliphatic rings. The first-order chi connectivity index (χ1) is 9.61. The third-order valence-electron chi connectivity index (χ3n) is 4.22. The van der Waals surface area contributed by atoms with Gasteiger partial charge in [-0.3, -0.25) is 9.48 Å². The van der Waals surface area contributed by atoms with Crippen molar-refractivity contribution in [3.63, 3.8) is 0 Å². The standard InChI is InChI=1S/C16H26N2O2/c1-4-18-14(11-13(3)17-18)12-15(19)16(20-5-2)9-7-6-8-10-16/h11H,4-10,12H2,1-3H3. The maximum atomic E-state index is 12.8. The van der Waals surface area contributed by atoms with E-state index < -0.39 is 5.60 Å². The largest absolute Gasteiger partial charge is 0.367 e. The number of hydrogen-bond acceptors (Lipinski definition) is 3. The molecule has 1 aromatic rings. The SMILES string of the molecule is CCOC1(C(=O)Cc2cc(C)nn2CC)CCCCC1. The third-order valence-corrected chi connectivity index (χ3v) is 4.22. The molecule has 1 saturated carbocycles. The fourth-order valence-corrected chi connectivity index (χ4v) is 3.24. The number of ether oxygens (including phenoxy) is 1. The molecule has 112 valence electrons. The molecular formula is C16H26N2O2. The van der Waals surface area contributed by atoms with Crippen LogP contribution in [-0.2, 0) is 22.5 Å². The van der Waals surface area contributed by atoms with Gasteiger partial charge in [0.25, 0.3) is 0 Å². The lowest BCUT2D eigenvalue weighted by atomic mass is 9.80. The summed E-state index contributed by atoms with van der Waals surface area (Å²) in [5.41, 5.74) is 1.45. The zero-order chi connectivity index (χ0) is 14.6. The molecule has 1 fully saturated rings. The van der Waals surface area contributed by atoms with Crippen molar-refractivity contribution in [3.05, 3.63) is 17.5 Å². The molecule has 0 spiro atoms. The predicted octanol–water partition coefficient (Wildman–Crippen LogP) is 3.06. The van der Waals surface area contributed by atoms with E-state index in [-0.39, 0.29) is 5.78 Å². The van der Waals surface area contributed by atoms with Crippen LogP contribution in [0.1, 0.15) is 57.3 Å². The maximum absolute atomic E-state index is 12.8. The molecule has 2 rings (SSSR count). The summed E-state index contributed by atoms with van der Waals surface area (Å²) in [5, 5.41) is 4.42. The Bertz CT molecular complexity index is 454. The van der Waals surface area contributed by atoms with Gasteiger partial charge in [-0.15, -0.1) is 0 Å². The van der Waals surface area contributed by atoms with Gasteiger partial charge in [0.15, 0.2) is 5.78 Å². The van der Waals surface area contributed by atoms with Crippen LogP contribution in [0.15, 0.2) is 6.07 Å². The van der Waals surface area contributed by atoms with E-state index in [1.54, 1.807) is 0 Å². The second kappa shape index (κ2) is 6.53. The Labute approximate surface area is 121 Å². The number of carbonyl (C=O) groups is 1. The molecule has 1 heterocycles. The average Bonchev–Trinajstić information content (AvgIpc) is 2.80. The number of nitrogens with zero attached hydrogens (tertiary/aromatic N) is 2. The maximum Gasteiger partial charge on any atom is 0.170 e. The molecule has 0 aliphatic heterocycles. The molecule has 1 aliphatic carbocycles. The highest BCUT2D eigenvalue weighted by molar-refractivity contribution is 5.89. The van der Waals surface area contributed by atoms with Crippen molar-refractivity contribution in [1.82, 2.24) is 9.78 Å². The Morgan fingerprint density at radius 3 is 2.65 bits per heavy atom. The monoisotopic (exact) mass is 278 g/mol. The summed E-state index contributed by atoms with van der Waals surface area (Å²) in [6, 6.07) is 2.02. The Morgan fingerprint density at radius 2 is 2.05 bits per heavy atom. The molecular weight excluding hydrogens is 252 g/mol. The smallest absolute Gasteiger partial charge is 0.170 e. The molecule has 1 aromatic heterocycles. The van der Waals surface area contributed by atoms with Gasteiger partial charge < -0.3 is 4.74 Å². The summed E-state index contributed by atoms with van der Waals surface area (Å²) in [6.07, 6.45) is 5.59. The van der Waals surface area contributed by atoms with Crippen molar-refractivity contribution < 1.29 is 9.53 Å². The van der Waals surface area contributed by atoms with Crippen molar-refractivity contribution in [3.8, 4) is 0 Å². The molecule has 4 heteroatoms. The fourth-order valence-electron chi connectivity index (χ4n) is 3.24. The highest BCUT2D eigenvalue weighted by Crippen LogP contribution is 2.33. The topological polar surface area (TPSA) is 44.1 Å². The van der Waals surface area contributed by atoms with E-state index >= 15 is 0 Å². The van der Waals surface area contributed by atoms with Crippen LogP contribution in [0.3, 0.4) is 0 Å². The number of carbonyl (C=O) groups excluding carboxylic acids is 1. The zero-order valence-electron chi connectivity index (χ0n) is 12.9. The van der Waals surface area contributed by atoms with Gasteiger partial charge in [0.1, 0.15) is 5.60 Å². The molecule has 0 unspecified atom stereocenters. The minimum atomic E-state index is -0.538. The third kappa shape index (κ3) is 3.11. The molecule has 0 saturated heterocycles. The molecule has 0 radical (unpaired) electrons. The second-order valence-corrected chi connectivity index (χ2v) is 5.68. The van der Waals surface area contributed by atoms with Crippen LogP contribution in [0.5, 0.6) is 0 Å². The molecule has 0 bridgehead atoms. The van der Waals surface area contributed by atoms with Gasteiger partial charge >= 0.3 is 0 Å². The Kier molecular flexibility index (Phi) is 4.97. The van der Waals surface area contributed by atoms with Crippen molar-refractivity contribution in [2.45, 2.75) is 71.4 Å². The summed E-state index contributed by atoms with van der Waals surface area (Å²) in [6.45, 7) is 7.42. The van der Waals surface area contributed by atoms with E-state index in [2.05, 4.69) is 12.0 Å². The predicted molar refractivity (Wildman–Crippen MR) is 78.8 cm³/mol. The highest BCUT2D eigenvalue weighted by atomic mass is 16.5. The fraction of sp³-hybridized carbons (Fsp3) is 0.750. The van der Waals surface area contributed by atoms with Gasteiger partial charge in [0.05, 0.1) is 12.1 Å². The van der Waals surface area contributed by atoms with E-state index in [0.717, 1.165) is 43.6 Å². The molecule has 0 amide bonds. The average molecular weight is 278 g/mol. The highest BCUT2D eigenvalue weighted by Gasteiger charge is 2.39. The normalized spacial score (nSPS) is 18.1. The number of aromatic nitrogens is 2. The summed E-state index contributed by atoms with van der Waals surface area (Å²) >= 11 is 0. The first-order valence-electron chi connectivity index (χ1n) is 7.82. The lowest BCUT2D eigenvalue weighted by Crippen LogP contribution is -2.44. The van der Waals surface area contributed by atoms with Crippen LogP contribution in [0.2, 0.25) is 0 Å². The molecule has 20 heavy (non-hydrogen) atoms. The molecule has 0 atom stereocenters. The van der Waals surface area contributed by atoms with Gasteiger partial charge in [-0.25, -0.2) is 0 Å². The van der Waals surface area contributed by atoms with E-state index in [9.17, 15) is 4.79 Å². The number of ketones is 1. The summed E-state index contributed by atoms with van der Waals surface area (Å²) in [4.78, 5) is 12.8. The molecule has 4 nitrogen and oxygen atoms in total. The van der Waals surface area contributed by atoms with Gasteiger partial charge in [-0.05, 0) is 39.7 Å². The van der Waals surface area contributed by atoms with E-state index in [1.807, 2.05) is 24.6 Å². The van der Waals surface area contributed by atoms with Crippen molar-refractivity contribution in [1.29, 1.82) is 0 Å². The minimum Gasteiger partial charge on any atom is -0.367 e. The summed E-state index contributed by atoms with van der Waals surface area (Å²) in [7, 11) is 0. The van der Waals surface area contributed by atoms with Crippen LogP contribution >= 0.6 is 0 Å². The number of Topliss-reactive ketones (excluding diaryl/α,β-unsaturated/α-hetero) is 1.